The number of hydrogen-bond donors (Lipinski definition) is 3. The maximum atomic E-state index is 11.2. The van der Waals surface area contributed by atoms with Crippen molar-refractivity contribution in [2.75, 3.05) is 14.1 Å². The fraction of sp³-hybridized carbons (Fsp3) is 0.286. The van der Waals surface area contributed by atoms with Crippen molar-refractivity contribution in [1.82, 2.24) is 20.8 Å². The summed E-state index contributed by atoms with van der Waals surface area (Å²) < 4.78 is 0. The predicted molar refractivity (Wildman–Crippen MR) is 45.4 cm³/mol. The number of amides is 2. The monoisotopic (exact) mass is 182 g/mol. The van der Waals surface area contributed by atoms with Gasteiger partial charge in [-0.05, 0) is 0 Å². The highest BCUT2D eigenvalue weighted by atomic mass is 16.2. The third-order valence-electron chi connectivity index (χ3n) is 1.57. The van der Waals surface area contributed by atoms with Gasteiger partial charge in [0.2, 0.25) is 0 Å². The lowest BCUT2D eigenvalue weighted by Gasteiger charge is -1.99. The minimum absolute atomic E-state index is 0.168. The second-order valence-electron chi connectivity index (χ2n) is 2.32. The number of aromatic nitrogens is 2. The van der Waals surface area contributed by atoms with Crippen molar-refractivity contribution >= 4 is 11.8 Å². The van der Waals surface area contributed by atoms with Crippen molar-refractivity contribution in [2.24, 2.45) is 0 Å². The van der Waals surface area contributed by atoms with Gasteiger partial charge in [0.1, 0.15) is 5.69 Å². The second-order valence-corrected chi connectivity index (χ2v) is 2.32. The largest absolute Gasteiger partial charge is 0.355 e. The van der Waals surface area contributed by atoms with E-state index in [0.717, 1.165) is 0 Å². The highest BCUT2D eigenvalue weighted by Gasteiger charge is 2.16. The van der Waals surface area contributed by atoms with Crippen LogP contribution in [0.4, 0.5) is 0 Å². The van der Waals surface area contributed by atoms with Gasteiger partial charge < -0.3 is 10.6 Å². The molecule has 6 nitrogen and oxygen atoms in total. The molecular weight excluding hydrogens is 172 g/mol. The molecule has 0 atom stereocenters. The first-order chi connectivity index (χ1) is 6.20. The average Bonchev–Trinajstić information content (AvgIpc) is 2.63. The first kappa shape index (κ1) is 9.24. The molecule has 0 spiro atoms. The Morgan fingerprint density at radius 1 is 1.31 bits per heavy atom. The molecule has 6 heteroatoms. The number of carbonyl (C=O) groups excluding carboxylic acids is 2. The number of nitrogens with one attached hydrogen (secondary N) is 3. The number of hydrogen-bond acceptors (Lipinski definition) is 3. The molecule has 1 rings (SSSR count). The van der Waals surface area contributed by atoms with Crippen molar-refractivity contribution in [2.45, 2.75) is 0 Å². The molecule has 0 saturated carbocycles. The Kier molecular flexibility index (Phi) is 2.63. The topological polar surface area (TPSA) is 86.9 Å². The van der Waals surface area contributed by atoms with E-state index >= 15 is 0 Å². The van der Waals surface area contributed by atoms with E-state index in [1.807, 2.05) is 0 Å². The molecule has 0 aliphatic rings. The van der Waals surface area contributed by atoms with Crippen LogP contribution >= 0.6 is 0 Å². The van der Waals surface area contributed by atoms with Gasteiger partial charge >= 0.3 is 0 Å². The molecule has 0 unspecified atom stereocenters. The number of aromatic amines is 1. The van der Waals surface area contributed by atoms with Crippen LogP contribution in [0.15, 0.2) is 6.20 Å². The van der Waals surface area contributed by atoms with Gasteiger partial charge in [-0.2, -0.15) is 5.10 Å². The molecule has 2 amide bonds. The number of rotatable bonds is 2. The van der Waals surface area contributed by atoms with E-state index in [1.165, 1.54) is 20.3 Å². The Hall–Kier alpha value is -1.85. The van der Waals surface area contributed by atoms with Crippen LogP contribution in [-0.2, 0) is 0 Å². The summed E-state index contributed by atoms with van der Waals surface area (Å²) in [6, 6.07) is 0. The van der Waals surface area contributed by atoms with E-state index in [-0.39, 0.29) is 23.1 Å². The molecule has 0 aromatic carbocycles. The van der Waals surface area contributed by atoms with Crippen LogP contribution in [0.1, 0.15) is 20.8 Å². The third-order valence-corrected chi connectivity index (χ3v) is 1.57. The minimum Gasteiger partial charge on any atom is -0.355 e. The van der Waals surface area contributed by atoms with Crippen LogP contribution in [0.3, 0.4) is 0 Å². The Bertz CT molecular complexity index is 300. The molecule has 1 aromatic rings. The molecule has 0 fully saturated rings. The molecule has 0 aliphatic heterocycles. The van der Waals surface area contributed by atoms with Gasteiger partial charge in [-0.25, -0.2) is 0 Å². The molecule has 0 bridgehead atoms. The summed E-state index contributed by atoms with van der Waals surface area (Å²) in [5.41, 5.74) is 0.406. The Balaban J connectivity index is 3.02. The van der Waals surface area contributed by atoms with Gasteiger partial charge in [0.25, 0.3) is 11.8 Å². The van der Waals surface area contributed by atoms with Crippen LogP contribution in [-0.4, -0.2) is 36.1 Å². The normalized spacial score (nSPS) is 9.38. The zero-order chi connectivity index (χ0) is 9.84. The fourth-order valence-corrected chi connectivity index (χ4v) is 0.891. The number of nitrogens with zero attached hydrogens (tertiary/aromatic N) is 1. The molecule has 1 aromatic heterocycles. The average molecular weight is 182 g/mol. The Morgan fingerprint density at radius 3 is 2.46 bits per heavy atom. The Labute approximate surface area is 74.7 Å². The van der Waals surface area contributed by atoms with Gasteiger partial charge in [0.15, 0.2) is 0 Å². The summed E-state index contributed by atoms with van der Waals surface area (Å²) in [6.45, 7) is 0. The summed E-state index contributed by atoms with van der Waals surface area (Å²) in [6.07, 6.45) is 1.31. The molecule has 13 heavy (non-hydrogen) atoms. The fourth-order valence-electron chi connectivity index (χ4n) is 0.891. The quantitative estimate of drug-likeness (QED) is 0.555. The lowest BCUT2D eigenvalue weighted by Crippen LogP contribution is -2.24. The Morgan fingerprint density at radius 2 is 1.92 bits per heavy atom. The van der Waals surface area contributed by atoms with Crippen molar-refractivity contribution in [3.63, 3.8) is 0 Å². The third kappa shape index (κ3) is 1.66. The van der Waals surface area contributed by atoms with Gasteiger partial charge in [-0.1, -0.05) is 0 Å². The van der Waals surface area contributed by atoms with Crippen LogP contribution in [0.2, 0.25) is 0 Å². The maximum Gasteiger partial charge on any atom is 0.269 e. The second kappa shape index (κ2) is 3.70. The standard InChI is InChI=1S/C7H10N4O2/c1-8-6(12)4-3-10-11-5(4)7(13)9-2/h3H,1-2H3,(H,8,12)(H,9,13)(H,10,11). The van der Waals surface area contributed by atoms with Gasteiger partial charge in [-0.3, -0.25) is 14.7 Å². The van der Waals surface area contributed by atoms with E-state index in [9.17, 15) is 9.59 Å². The lowest BCUT2D eigenvalue weighted by atomic mass is 10.2. The van der Waals surface area contributed by atoms with Crippen LogP contribution in [0, 0.1) is 0 Å². The minimum atomic E-state index is -0.365. The molecule has 70 valence electrons. The molecule has 0 aliphatic carbocycles. The maximum absolute atomic E-state index is 11.2. The molecule has 3 N–H and O–H groups in total. The van der Waals surface area contributed by atoms with E-state index in [4.69, 9.17) is 0 Å². The van der Waals surface area contributed by atoms with Crippen LogP contribution in [0.5, 0.6) is 0 Å². The zero-order valence-corrected chi connectivity index (χ0v) is 7.34. The lowest BCUT2D eigenvalue weighted by molar-refractivity contribution is 0.0927. The van der Waals surface area contributed by atoms with Crippen molar-refractivity contribution in [1.29, 1.82) is 0 Å². The van der Waals surface area contributed by atoms with Crippen molar-refractivity contribution in [3.8, 4) is 0 Å². The van der Waals surface area contributed by atoms with Crippen molar-refractivity contribution in [3.05, 3.63) is 17.5 Å². The highest BCUT2D eigenvalue weighted by Crippen LogP contribution is 2.03. The highest BCUT2D eigenvalue weighted by molar-refractivity contribution is 6.05. The molecular formula is C7H10N4O2. The molecule has 0 saturated heterocycles. The smallest absolute Gasteiger partial charge is 0.269 e. The van der Waals surface area contributed by atoms with Gasteiger partial charge in [-0.15, -0.1) is 0 Å². The van der Waals surface area contributed by atoms with Gasteiger partial charge in [0, 0.05) is 14.1 Å². The number of H-pyrrole nitrogens is 1. The molecule has 0 radical (unpaired) electrons. The summed E-state index contributed by atoms with van der Waals surface area (Å²) in [5, 5.41) is 10.9. The first-order valence-electron chi connectivity index (χ1n) is 3.68. The van der Waals surface area contributed by atoms with Crippen molar-refractivity contribution < 1.29 is 9.59 Å². The summed E-state index contributed by atoms with van der Waals surface area (Å²) in [5.74, 6) is -0.705. The summed E-state index contributed by atoms with van der Waals surface area (Å²) >= 11 is 0. The summed E-state index contributed by atoms with van der Waals surface area (Å²) in [7, 11) is 2.97. The van der Waals surface area contributed by atoms with E-state index in [2.05, 4.69) is 20.8 Å². The van der Waals surface area contributed by atoms with E-state index in [0.29, 0.717) is 0 Å². The van der Waals surface area contributed by atoms with E-state index in [1.54, 1.807) is 0 Å². The van der Waals surface area contributed by atoms with Gasteiger partial charge in [0.05, 0.1) is 11.8 Å². The van der Waals surface area contributed by atoms with Crippen LogP contribution < -0.4 is 10.6 Å². The summed E-state index contributed by atoms with van der Waals surface area (Å²) in [4.78, 5) is 22.3. The number of carbonyl (C=O) groups is 2. The zero-order valence-electron chi connectivity index (χ0n) is 7.34. The molecule has 1 heterocycles. The van der Waals surface area contributed by atoms with E-state index < -0.39 is 0 Å². The van der Waals surface area contributed by atoms with Crippen LogP contribution in [0.25, 0.3) is 0 Å². The first-order valence-corrected chi connectivity index (χ1v) is 3.68. The SMILES string of the molecule is CNC(=O)c1cn[nH]c1C(=O)NC. The predicted octanol–water partition coefficient (Wildman–Crippen LogP) is -0.871.